The first-order valence-corrected chi connectivity index (χ1v) is 8.74. The van der Waals surface area contributed by atoms with Crippen molar-refractivity contribution in [3.63, 3.8) is 0 Å². The Bertz CT molecular complexity index is 441. The Morgan fingerprint density at radius 1 is 1.14 bits per heavy atom. The molecule has 2 heterocycles. The highest BCUT2D eigenvalue weighted by Crippen LogP contribution is 2.32. The Hall–Kier alpha value is -0.860. The van der Waals surface area contributed by atoms with Gasteiger partial charge in [0.2, 0.25) is 0 Å². The number of hydrogen-bond donors (Lipinski definition) is 1. The number of hydrogen-bond acceptors (Lipinski definition) is 2. The van der Waals surface area contributed by atoms with E-state index in [9.17, 15) is 0 Å². The van der Waals surface area contributed by atoms with Gasteiger partial charge in [0.25, 0.3) is 0 Å². The van der Waals surface area contributed by atoms with Crippen LogP contribution in [0.1, 0.15) is 63.1 Å². The molecule has 3 atom stereocenters. The van der Waals surface area contributed by atoms with Gasteiger partial charge in [-0.2, -0.15) is 0 Å². The molecule has 0 saturated carbocycles. The van der Waals surface area contributed by atoms with Crippen molar-refractivity contribution >= 4 is 0 Å². The summed E-state index contributed by atoms with van der Waals surface area (Å²) in [7, 11) is 2.32. The third kappa shape index (κ3) is 3.32. The van der Waals surface area contributed by atoms with Crippen molar-refractivity contribution in [2.24, 2.45) is 0 Å². The van der Waals surface area contributed by atoms with Crippen molar-refractivity contribution in [1.82, 2.24) is 10.2 Å². The molecule has 2 nitrogen and oxygen atoms in total. The first-order valence-electron chi connectivity index (χ1n) is 8.74. The predicted molar refractivity (Wildman–Crippen MR) is 89.6 cm³/mol. The van der Waals surface area contributed by atoms with Gasteiger partial charge in [-0.05, 0) is 57.2 Å². The standard InChI is InChI=1S/C19H30N2/c1-4-5-15-6-8-16(9-7-15)14(2)21(3)19-12-17-10-11-18(13-19)20-17/h6-9,14,17-20H,4-5,10-13H2,1-3H3. The maximum atomic E-state index is 3.75. The molecule has 2 aliphatic heterocycles. The Labute approximate surface area is 129 Å². The van der Waals surface area contributed by atoms with E-state index in [1.54, 1.807) is 0 Å². The van der Waals surface area contributed by atoms with Crippen LogP contribution in [0.4, 0.5) is 0 Å². The number of nitrogens with one attached hydrogen (secondary N) is 1. The van der Waals surface area contributed by atoms with E-state index in [1.165, 1.54) is 49.7 Å². The summed E-state index contributed by atoms with van der Waals surface area (Å²) in [6.07, 6.45) is 7.84. The van der Waals surface area contributed by atoms with Crippen molar-refractivity contribution in [3.8, 4) is 0 Å². The van der Waals surface area contributed by atoms with Crippen LogP contribution in [-0.2, 0) is 6.42 Å². The largest absolute Gasteiger partial charge is 0.311 e. The van der Waals surface area contributed by atoms with Gasteiger partial charge in [-0.3, -0.25) is 4.90 Å². The van der Waals surface area contributed by atoms with E-state index in [1.807, 2.05) is 0 Å². The molecule has 1 aromatic carbocycles. The number of aryl methyl sites for hydroxylation is 1. The topological polar surface area (TPSA) is 15.3 Å². The van der Waals surface area contributed by atoms with Crippen LogP contribution in [0.2, 0.25) is 0 Å². The molecule has 1 N–H and O–H groups in total. The summed E-state index contributed by atoms with van der Waals surface area (Å²) in [5.41, 5.74) is 2.93. The first kappa shape index (κ1) is 15.1. The maximum Gasteiger partial charge on any atom is 0.0319 e. The molecule has 116 valence electrons. The summed E-state index contributed by atoms with van der Waals surface area (Å²) in [4.78, 5) is 2.61. The summed E-state index contributed by atoms with van der Waals surface area (Å²) < 4.78 is 0. The summed E-state index contributed by atoms with van der Waals surface area (Å²) in [6, 6.07) is 12.1. The number of piperidine rings is 1. The average molecular weight is 286 g/mol. The van der Waals surface area contributed by atoms with Crippen LogP contribution in [0.5, 0.6) is 0 Å². The molecule has 2 bridgehead atoms. The zero-order valence-corrected chi connectivity index (χ0v) is 13.8. The first-order chi connectivity index (χ1) is 10.2. The van der Waals surface area contributed by atoms with Crippen molar-refractivity contribution in [2.75, 3.05) is 7.05 Å². The molecule has 2 saturated heterocycles. The molecule has 0 amide bonds. The van der Waals surface area contributed by atoms with Crippen LogP contribution in [-0.4, -0.2) is 30.1 Å². The Kier molecular flexibility index (Phi) is 4.66. The summed E-state index contributed by atoms with van der Waals surface area (Å²) >= 11 is 0. The highest BCUT2D eigenvalue weighted by Gasteiger charge is 2.36. The second-order valence-electron chi connectivity index (χ2n) is 7.10. The van der Waals surface area contributed by atoms with E-state index in [2.05, 4.69) is 55.4 Å². The monoisotopic (exact) mass is 286 g/mol. The van der Waals surface area contributed by atoms with Gasteiger partial charge in [0.1, 0.15) is 0 Å². The van der Waals surface area contributed by atoms with Crippen LogP contribution in [0.15, 0.2) is 24.3 Å². The lowest BCUT2D eigenvalue weighted by molar-refractivity contribution is 0.132. The SMILES string of the molecule is CCCc1ccc(C(C)N(C)C2CC3CCC(C2)N3)cc1. The van der Waals surface area contributed by atoms with Crippen molar-refractivity contribution in [2.45, 2.75) is 76.5 Å². The van der Waals surface area contributed by atoms with Gasteiger partial charge in [-0.15, -0.1) is 0 Å². The van der Waals surface area contributed by atoms with Gasteiger partial charge in [0.05, 0.1) is 0 Å². The van der Waals surface area contributed by atoms with E-state index >= 15 is 0 Å². The molecule has 3 unspecified atom stereocenters. The average Bonchev–Trinajstić information content (AvgIpc) is 2.85. The van der Waals surface area contributed by atoms with E-state index in [0.717, 1.165) is 18.1 Å². The lowest BCUT2D eigenvalue weighted by atomic mass is 9.95. The van der Waals surface area contributed by atoms with Gasteiger partial charge in [0, 0.05) is 24.2 Å². The molecule has 2 heteroatoms. The maximum absolute atomic E-state index is 3.75. The molecule has 1 aromatic rings. The fourth-order valence-electron chi connectivity index (χ4n) is 4.16. The number of nitrogens with zero attached hydrogens (tertiary/aromatic N) is 1. The minimum Gasteiger partial charge on any atom is -0.311 e. The van der Waals surface area contributed by atoms with E-state index < -0.39 is 0 Å². The molecule has 3 rings (SSSR count). The third-order valence-corrected chi connectivity index (χ3v) is 5.64. The van der Waals surface area contributed by atoms with Gasteiger partial charge >= 0.3 is 0 Å². The fraction of sp³-hybridized carbons (Fsp3) is 0.684. The fourth-order valence-corrected chi connectivity index (χ4v) is 4.16. The van der Waals surface area contributed by atoms with Crippen molar-refractivity contribution < 1.29 is 0 Å². The number of rotatable bonds is 5. The number of benzene rings is 1. The highest BCUT2D eigenvalue weighted by atomic mass is 15.2. The van der Waals surface area contributed by atoms with Gasteiger partial charge < -0.3 is 5.32 Å². The zero-order valence-electron chi connectivity index (χ0n) is 13.8. The van der Waals surface area contributed by atoms with Crippen LogP contribution in [0.3, 0.4) is 0 Å². The minimum atomic E-state index is 0.517. The molecule has 0 aromatic heterocycles. The van der Waals surface area contributed by atoms with Crippen molar-refractivity contribution in [1.29, 1.82) is 0 Å². The van der Waals surface area contributed by atoms with E-state index in [0.29, 0.717) is 6.04 Å². The second kappa shape index (κ2) is 6.50. The Balaban J connectivity index is 1.64. The summed E-state index contributed by atoms with van der Waals surface area (Å²) in [5, 5.41) is 3.75. The Morgan fingerprint density at radius 2 is 1.76 bits per heavy atom. The van der Waals surface area contributed by atoms with E-state index in [4.69, 9.17) is 0 Å². The highest BCUT2D eigenvalue weighted by molar-refractivity contribution is 5.25. The summed E-state index contributed by atoms with van der Waals surface area (Å²) in [6.45, 7) is 4.61. The van der Waals surface area contributed by atoms with Crippen LogP contribution in [0.25, 0.3) is 0 Å². The van der Waals surface area contributed by atoms with Gasteiger partial charge in [-0.25, -0.2) is 0 Å². The lowest BCUT2D eigenvalue weighted by Gasteiger charge is -2.39. The minimum absolute atomic E-state index is 0.517. The normalized spacial score (nSPS) is 29.8. The lowest BCUT2D eigenvalue weighted by Crippen LogP contribution is -2.47. The molecule has 0 radical (unpaired) electrons. The molecule has 2 aliphatic rings. The number of fused-ring (bicyclic) bond motifs is 2. The van der Waals surface area contributed by atoms with Gasteiger partial charge in [-0.1, -0.05) is 37.6 Å². The second-order valence-corrected chi connectivity index (χ2v) is 7.10. The van der Waals surface area contributed by atoms with Crippen LogP contribution < -0.4 is 5.32 Å². The Morgan fingerprint density at radius 3 is 2.33 bits per heavy atom. The molecular weight excluding hydrogens is 256 g/mol. The zero-order chi connectivity index (χ0) is 14.8. The summed E-state index contributed by atoms with van der Waals surface area (Å²) in [5.74, 6) is 0. The molecule has 2 fully saturated rings. The van der Waals surface area contributed by atoms with Crippen LogP contribution in [0, 0.1) is 0 Å². The van der Waals surface area contributed by atoms with Crippen molar-refractivity contribution in [3.05, 3.63) is 35.4 Å². The smallest absolute Gasteiger partial charge is 0.0319 e. The van der Waals surface area contributed by atoms with Gasteiger partial charge in [0.15, 0.2) is 0 Å². The quantitative estimate of drug-likeness (QED) is 0.882. The van der Waals surface area contributed by atoms with Crippen LogP contribution >= 0.6 is 0 Å². The molecule has 0 aliphatic carbocycles. The van der Waals surface area contributed by atoms with E-state index in [-0.39, 0.29) is 0 Å². The third-order valence-electron chi connectivity index (χ3n) is 5.64. The molecule has 0 spiro atoms. The molecule has 21 heavy (non-hydrogen) atoms. The molecular formula is C19H30N2. The predicted octanol–water partition coefficient (Wildman–Crippen LogP) is 3.91.